The van der Waals surface area contributed by atoms with E-state index < -0.39 is 17.9 Å². The van der Waals surface area contributed by atoms with Crippen LogP contribution >= 0.6 is 11.3 Å². The number of thiazole rings is 1. The molecule has 9 heteroatoms. The summed E-state index contributed by atoms with van der Waals surface area (Å²) in [5, 5.41) is 3.30. The van der Waals surface area contributed by atoms with E-state index in [1.165, 1.54) is 18.3 Å². The summed E-state index contributed by atoms with van der Waals surface area (Å²) in [4.78, 5) is 14.8. The topological polar surface area (TPSA) is 65.2 Å². The summed E-state index contributed by atoms with van der Waals surface area (Å²) in [5.74, 6) is -0.916. The molecule has 0 amide bonds. The minimum absolute atomic E-state index is 0.00812. The van der Waals surface area contributed by atoms with E-state index in [0.717, 1.165) is 23.5 Å². The normalized spacial score (nSPS) is 11.0. The molecule has 5 nitrogen and oxygen atoms in total. The van der Waals surface area contributed by atoms with Crippen LogP contribution in [0.5, 0.6) is 10.9 Å². The highest BCUT2D eigenvalue weighted by atomic mass is 32.1. The van der Waals surface area contributed by atoms with Gasteiger partial charge in [-0.05, 0) is 12.1 Å². The first-order valence-corrected chi connectivity index (χ1v) is 7.02. The molecule has 23 heavy (non-hydrogen) atoms. The van der Waals surface area contributed by atoms with Crippen molar-refractivity contribution in [3.8, 4) is 22.3 Å². The van der Waals surface area contributed by atoms with Crippen molar-refractivity contribution in [2.24, 2.45) is 0 Å². The Labute approximate surface area is 131 Å². The smallest absolute Gasteiger partial charge is 0.283 e. The fraction of sp³-hybridized carbons (Fsp3) is 0.0714. The zero-order chi connectivity index (χ0) is 16.4. The average Bonchev–Trinajstić information content (AvgIpc) is 3.16. The molecule has 1 aromatic carbocycles. The van der Waals surface area contributed by atoms with Crippen LogP contribution in [0.1, 0.15) is 21.8 Å². The average molecular weight is 340 g/mol. The SMILES string of the molecule is O=Cc1cnc(Oc2cccc(F)c2-c2cc(C(F)F)no2)s1. The summed E-state index contributed by atoms with van der Waals surface area (Å²) in [5.41, 5.74) is -0.763. The Morgan fingerprint density at radius 1 is 1.35 bits per heavy atom. The van der Waals surface area contributed by atoms with Gasteiger partial charge in [0.15, 0.2) is 12.0 Å². The summed E-state index contributed by atoms with van der Waals surface area (Å²) in [6.07, 6.45) is -0.935. The molecule has 0 bridgehead atoms. The maximum Gasteiger partial charge on any atom is 0.283 e. The first-order chi connectivity index (χ1) is 11.1. The van der Waals surface area contributed by atoms with Gasteiger partial charge in [0.25, 0.3) is 11.6 Å². The second-order valence-corrected chi connectivity index (χ2v) is 5.30. The molecule has 2 aromatic heterocycles. The van der Waals surface area contributed by atoms with Gasteiger partial charge in [0.1, 0.15) is 17.3 Å². The Kier molecular flexibility index (Phi) is 4.11. The molecule has 0 aliphatic rings. The Bertz CT molecular complexity index is 847. The number of carbonyl (C=O) groups excluding carboxylic acids is 1. The lowest BCUT2D eigenvalue weighted by Gasteiger charge is -2.07. The minimum Gasteiger partial charge on any atom is -0.430 e. The van der Waals surface area contributed by atoms with E-state index in [1.54, 1.807) is 0 Å². The number of aldehydes is 1. The fourth-order valence-electron chi connectivity index (χ4n) is 1.80. The molecule has 0 saturated heterocycles. The quantitative estimate of drug-likeness (QED) is 0.641. The van der Waals surface area contributed by atoms with Gasteiger partial charge < -0.3 is 9.26 Å². The molecule has 0 spiro atoms. The van der Waals surface area contributed by atoms with Gasteiger partial charge in [-0.25, -0.2) is 18.2 Å². The highest BCUT2D eigenvalue weighted by Gasteiger charge is 2.21. The highest BCUT2D eigenvalue weighted by molar-refractivity contribution is 7.15. The first-order valence-electron chi connectivity index (χ1n) is 6.21. The van der Waals surface area contributed by atoms with Gasteiger partial charge in [0.05, 0.1) is 16.6 Å². The van der Waals surface area contributed by atoms with Crippen molar-refractivity contribution in [3.05, 3.63) is 46.9 Å². The maximum absolute atomic E-state index is 14.1. The lowest BCUT2D eigenvalue weighted by molar-refractivity contribution is 0.112. The van der Waals surface area contributed by atoms with Gasteiger partial charge in [-0.2, -0.15) is 0 Å². The van der Waals surface area contributed by atoms with E-state index in [-0.39, 0.29) is 22.3 Å². The van der Waals surface area contributed by atoms with Crippen molar-refractivity contribution in [3.63, 3.8) is 0 Å². The number of carbonyl (C=O) groups is 1. The third kappa shape index (κ3) is 3.09. The summed E-state index contributed by atoms with van der Waals surface area (Å²) in [6, 6.07) is 4.87. The maximum atomic E-state index is 14.1. The Morgan fingerprint density at radius 3 is 2.83 bits per heavy atom. The summed E-state index contributed by atoms with van der Waals surface area (Å²) < 4.78 is 49.5. The van der Waals surface area contributed by atoms with E-state index in [4.69, 9.17) is 9.26 Å². The van der Waals surface area contributed by atoms with Crippen LogP contribution in [0.4, 0.5) is 13.2 Å². The molecule has 0 fully saturated rings. The van der Waals surface area contributed by atoms with Crippen molar-refractivity contribution in [1.29, 1.82) is 0 Å². The third-order valence-electron chi connectivity index (χ3n) is 2.79. The van der Waals surface area contributed by atoms with E-state index in [0.29, 0.717) is 11.2 Å². The predicted octanol–water partition coefficient (Wildman–Crippen LogP) is 4.48. The number of hydrogen-bond donors (Lipinski definition) is 0. The Morgan fingerprint density at radius 2 is 2.17 bits per heavy atom. The molecular weight excluding hydrogens is 333 g/mol. The number of nitrogens with zero attached hydrogens (tertiary/aromatic N) is 2. The highest BCUT2D eigenvalue weighted by Crippen LogP contribution is 2.37. The molecule has 0 unspecified atom stereocenters. The molecular formula is C14H7F3N2O3S. The zero-order valence-corrected chi connectivity index (χ0v) is 12.0. The first kappa shape index (κ1) is 15.2. The number of alkyl halides is 2. The van der Waals surface area contributed by atoms with Gasteiger partial charge >= 0.3 is 0 Å². The summed E-state index contributed by atoms with van der Waals surface area (Å²) >= 11 is 0.957. The molecule has 0 aliphatic carbocycles. The van der Waals surface area contributed by atoms with Crippen LogP contribution in [0.2, 0.25) is 0 Å². The van der Waals surface area contributed by atoms with Crippen molar-refractivity contribution in [2.45, 2.75) is 6.43 Å². The predicted molar refractivity (Wildman–Crippen MR) is 74.4 cm³/mol. The number of hydrogen-bond acceptors (Lipinski definition) is 6. The number of halogens is 3. The van der Waals surface area contributed by atoms with Crippen LogP contribution in [-0.2, 0) is 0 Å². The van der Waals surface area contributed by atoms with Crippen molar-refractivity contribution in [2.75, 3.05) is 0 Å². The molecule has 0 N–H and O–H groups in total. The molecule has 0 atom stereocenters. The van der Waals surface area contributed by atoms with Crippen LogP contribution in [0, 0.1) is 5.82 Å². The fourth-order valence-corrected chi connectivity index (χ4v) is 2.40. The third-order valence-corrected chi connectivity index (χ3v) is 3.59. The second kappa shape index (κ2) is 6.21. The van der Waals surface area contributed by atoms with E-state index in [2.05, 4.69) is 10.1 Å². The molecule has 3 rings (SSSR count). The number of aromatic nitrogens is 2. The van der Waals surface area contributed by atoms with Crippen molar-refractivity contribution < 1.29 is 27.2 Å². The minimum atomic E-state index is -2.84. The van der Waals surface area contributed by atoms with Crippen LogP contribution in [0.3, 0.4) is 0 Å². The monoisotopic (exact) mass is 340 g/mol. The van der Waals surface area contributed by atoms with Gasteiger partial charge in [-0.3, -0.25) is 4.79 Å². The lowest BCUT2D eigenvalue weighted by atomic mass is 10.1. The van der Waals surface area contributed by atoms with Crippen LogP contribution in [-0.4, -0.2) is 16.4 Å². The van der Waals surface area contributed by atoms with E-state index in [9.17, 15) is 18.0 Å². The van der Waals surface area contributed by atoms with Gasteiger partial charge in [-0.15, -0.1) is 0 Å². The Balaban J connectivity index is 2.00. The van der Waals surface area contributed by atoms with Crippen LogP contribution < -0.4 is 4.74 Å². The van der Waals surface area contributed by atoms with E-state index >= 15 is 0 Å². The molecule has 0 saturated carbocycles. The number of rotatable bonds is 5. The second-order valence-electron chi connectivity index (χ2n) is 4.28. The lowest BCUT2D eigenvalue weighted by Crippen LogP contribution is -1.90. The standard InChI is InChI=1S/C14H7F3N2O3S/c15-8-2-1-3-10(21-14-18-5-7(6-20)23-14)12(8)11-4-9(13(16)17)19-22-11/h1-6,13H. The number of benzene rings is 1. The summed E-state index contributed by atoms with van der Waals surface area (Å²) in [6.45, 7) is 0. The van der Waals surface area contributed by atoms with E-state index in [1.807, 2.05) is 0 Å². The van der Waals surface area contributed by atoms with Gasteiger partial charge in [-0.1, -0.05) is 22.6 Å². The molecule has 0 aliphatic heterocycles. The van der Waals surface area contributed by atoms with Gasteiger partial charge in [0.2, 0.25) is 0 Å². The largest absolute Gasteiger partial charge is 0.430 e. The molecule has 118 valence electrons. The van der Waals surface area contributed by atoms with Crippen molar-refractivity contribution in [1.82, 2.24) is 10.1 Å². The molecule has 0 radical (unpaired) electrons. The van der Waals surface area contributed by atoms with Crippen molar-refractivity contribution >= 4 is 17.6 Å². The molecule has 3 aromatic rings. The van der Waals surface area contributed by atoms with Gasteiger partial charge in [0, 0.05) is 6.07 Å². The number of ether oxygens (including phenoxy) is 1. The Hall–Kier alpha value is -2.68. The van der Waals surface area contributed by atoms with Crippen LogP contribution in [0.15, 0.2) is 35.0 Å². The van der Waals surface area contributed by atoms with Crippen LogP contribution in [0.25, 0.3) is 11.3 Å². The molecule has 2 heterocycles. The zero-order valence-electron chi connectivity index (χ0n) is 11.2. The summed E-state index contributed by atoms with van der Waals surface area (Å²) in [7, 11) is 0.